The quantitative estimate of drug-likeness (QED) is 0.566. The summed E-state index contributed by atoms with van der Waals surface area (Å²) in [6.07, 6.45) is 3.06. The van der Waals surface area contributed by atoms with E-state index in [2.05, 4.69) is 15.3 Å². The fourth-order valence-electron chi connectivity index (χ4n) is 2.64. The largest absolute Gasteiger partial charge is 0.493 e. The number of carbonyl (C=O) groups is 1. The summed E-state index contributed by atoms with van der Waals surface area (Å²) in [5, 5.41) is 3.14. The number of nitrogens with zero attached hydrogens (tertiary/aromatic N) is 2. The SMILES string of the molecule is COc1cc(Nc2cncc(Oc3ccc(C(C)=O)cc3)n2)cc(OC)c1OC. The molecule has 0 fully saturated rings. The monoisotopic (exact) mass is 395 g/mol. The van der Waals surface area contributed by atoms with Crippen molar-refractivity contribution in [3.63, 3.8) is 0 Å². The van der Waals surface area contributed by atoms with Crippen LogP contribution in [0.15, 0.2) is 48.8 Å². The molecule has 0 spiro atoms. The molecule has 1 N–H and O–H groups in total. The van der Waals surface area contributed by atoms with Gasteiger partial charge in [-0.05, 0) is 31.2 Å². The summed E-state index contributed by atoms with van der Waals surface area (Å²) in [5.74, 6) is 2.84. The lowest BCUT2D eigenvalue weighted by Gasteiger charge is -2.15. The molecule has 0 aliphatic heterocycles. The Morgan fingerprint density at radius 2 is 1.59 bits per heavy atom. The predicted molar refractivity (Wildman–Crippen MR) is 108 cm³/mol. The number of hydrogen-bond acceptors (Lipinski definition) is 8. The van der Waals surface area contributed by atoms with Crippen molar-refractivity contribution in [1.82, 2.24) is 9.97 Å². The van der Waals surface area contributed by atoms with Crippen LogP contribution < -0.4 is 24.3 Å². The fourth-order valence-corrected chi connectivity index (χ4v) is 2.64. The number of nitrogens with one attached hydrogen (secondary N) is 1. The van der Waals surface area contributed by atoms with E-state index in [4.69, 9.17) is 18.9 Å². The lowest BCUT2D eigenvalue weighted by atomic mass is 10.1. The summed E-state index contributed by atoms with van der Waals surface area (Å²) in [5.41, 5.74) is 1.29. The van der Waals surface area contributed by atoms with E-state index in [1.54, 1.807) is 63.9 Å². The van der Waals surface area contributed by atoms with Crippen molar-refractivity contribution < 1.29 is 23.7 Å². The third-order valence-corrected chi connectivity index (χ3v) is 4.03. The second-order valence-corrected chi connectivity index (χ2v) is 5.96. The Balaban J connectivity index is 1.80. The van der Waals surface area contributed by atoms with Crippen molar-refractivity contribution in [2.45, 2.75) is 6.92 Å². The highest BCUT2D eigenvalue weighted by atomic mass is 16.5. The van der Waals surface area contributed by atoms with Crippen LogP contribution in [0.25, 0.3) is 0 Å². The molecular weight excluding hydrogens is 374 g/mol. The van der Waals surface area contributed by atoms with Crippen molar-refractivity contribution in [3.8, 4) is 28.9 Å². The van der Waals surface area contributed by atoms with Gasteiger partial charge >= 0.3 is 0 Å². The summed E-state index contributed by atoms with van der Waals surface area (Å²) >= 11 is 0. The van der Waals surface area contributed by atoms with Gasteiger partial charge in [-0.15, -0.1) is 0 Å². The minimum Gasteiger partial charge on any atom is -0.493 e. The zero-order valence-corrected chi connectivity index (χ0v) is 16.6. The maximum atomic E-state index is 11.4. The van der Waals surface area contributed by atoms with Gasteiger partial charge in [0.15, 0.2) is 23.1 Å². The Morgan fingerprint density at radius 3 is 2.14 bits per heavy atom. The van der Waals surface area contributed by atoms with Crippen molar-refractivity contribution in [1.29, 1.82) is 0 Å². The van der Waals surface area contributed by atoms with Gasteiger partial charge in [0.1, 0.15) is 5.75 Å². The van der Waals surface area contributed by atoms with E-state index in [0.29, 0.717) is 45.9 Å². The smallest absolute Gasteiger partial charge is 0.239 e. The number of ketones is 1. The van der Waals surface area contributed by atoms with E-state index in [-0.39, 0.29) is 5.78 Å². The maximum Gasteiger partial charge on any atom is 0.239 e. The maximum absolute atomic E-state index is 11.4. The van der Waals surface area contributed by atoms with Crippen molar-refractivity contribution >= 4 is 17.3 Å². The third kappa shape index (κ3) is 4.73. The van der Waals surface area contributed by atoms with Gasteiger partial charge in [0.25, 0.3) is 0 Å². The van der Waals surface area contributed by atoms with E-state index >= 15 is 0 Å². The first-order chi connectivity index (χ1) is 14.0. The Labute approximate surface area is 168 Å². The average Bonchev–Trinajstić information content (AvgIpc) is 2.73. The van der Waals surface area contributed by atoms with Crippen LogP contribution in [0.1, 0.15) is 17.3 Å². The Hall–Kier alpha value is -3.81. The van der Waals surface area contributed by atoms with Crippen LogP contribution in [0.5, 0.6) is 28.9 Å². The summed E-state index contributed by atoms with van der Waals surface area (Å²) in [7, 11) is 4.64. The number of Topliss-reactive ketones (excluding diaryl/α,β-unsaturated/α-hetero) is 1. The van der Waals surface area contributed by atoms with Crippen LogP contribution in [0, 0.1) is 0 Å². The van der Waals surface area contributed by atoms with Gasteiger partial charge < -0.3 is 24.3 Å². The number of anilines is 2. The van der Waals surface area contributed by atoms with Crippen LogP contribution in [0.4, 0.5) is 11.5 Å². The summed E-state index contributed by atoms with van der Waals surface area (Å²) in [6, 6.07) is 10.3. The van der Waals surface area contributed by atoms with Gasteiger partial charge in [-0.2, -0.15) is 4.98 Å². The van der Waals surface area contributed by atoms with E-state index in [1.807, 2.05) is 0 Å². The Kier molecular flexibility index (Phi) is 6.13. The van der Waals surface area contributed by atoms with Crippen molar-refractivity contribution in [3.05, 3.63) is 54.4 Å². The van der Waals surface area contributed by atoms with Crippen LogP contribution >= 0.6 is 0 Å². The minimum absolute atomic E-state index is 0.00659. The lowest BCUT2D eigenvalue weighted by Crippen LogP contribution is -2.00. The molecule has 0 saturated carbocycles. The van der Waals surface area contributed by atoms with Gasteiger partial charge in [0.2, 0.25) is 11.6 Å². The first kappa shape index (κ1) is 19.9. The molecule has 1 heterocycles. The molecule has 0 aliphatic carbocycles. The summed E-state index contributed by atoms with van der Waals surface area (Å²) < 4.78 is 21.8. The highest BCUT2D eigenvalue weighted by molar-refractivity contribution is 5.94. The molecule has 8 heteroatoms. The number of ether oxygens (including phenoxy) is 4. The van der Waals surface area contributed by atoms with Crippen molar-refractivity contribution in [2.75, 3.05) is 26.6 Å². The predicted octanol–water partition coefficient (Wildman–Crippen LogP) is 4.24. The molecule has 3 rings (SSSR count). The minimum atomic E-state index is -0.00659. The van der Waals surface area contributed by atoms with Crippen LogP contribution in [-0.4, -0.2) is 37.1 Å². The molecule has 0 radical (unpaired) electrons. The van der Waals surface area contributed by atoms with E-state index < -0.39 is 0 Å². The number of carbonyl (C=O) groups excluding carboxylic acids is 1. The number of benzene rings is 2. The Bertz CT molecular complexity index is 980. The summed E-state index contributed by atoms with van der Waals surface area (Å²) in [4.78, 5) is 19.9. The van der Waals surface area contributed by atoms with E-state index in [0.717, 1.165) is 0 Å². The fraction of sp³-hybridized carbons (Fsp3) is 0.190. The normalized spacial score (nSPS) is 10.2. The second kappa shape index (κ2) is 8.92. The standard InChI is InChI=1S/C21H21N3O5/c1-13(25)14-5-7-16(8-6-14)29-20-12-22-11-19(24-20)23-15-9-17(26-2)21(28-4)18(10-15)27-3/h5-12H,1-4H3,(H,23,24). The molecule has 1 aromatic heterocycles. The molecule has 0 amide bonds. The number of methoxy groups -OCH3 is 3. The Morgan fingerprint density at radius 1 is 0.931 bits per heavy atom. The van der Waals surface area contributed by atoms with Gasteiger partial charge in [-0.25, -0.2) is 0 Å². The molecule has 8 nitrogen and oxygen atoms in total. The zero-order chi connectivity index (χ0) is 20.8. The number of hydrogen-bond donors (Lipinski definition) is 1. The summed E-state index contributed by atoms with van der Waals surface area (Å²) in [6.45, 7) is 1.51. The molecule has 3 aromatic rings. The zero-order valence-electron chi connectivity index (χ0n) is 16.6. The van der Waals surface area contributed by atoms with Crippen molar-refractivity contribution in [2.24, 2.45) is 0 Å². The van der Waals surface area contributed by atoms with E-state index in [1.165, 1.54) is 13.1 Å². The van der Waals surface area contributed by atoms with Gasteiger partial charge in [-0.1, -0.05) is 0 Å². The molecular formula is C21H21N3O5. The molecule has 2 aromatic carbocycles. The molecule has 150 valence electrons. The molecule has 0 saturated heterocycles. The molecule has 29 heavy (non-hydrogen) atoms. The van der Waals surface area contributed by atoms with E-state index in [9.17, 15) is 4.79 Å². The van der Waals surface area contributed by atoms with Crippen LogP contribution in [0.2, 0.25) is 0 Å². The highest BCUT2D eigenvalue weighted by Gasteiger charge is 2.14. The first-order valence-electron chi connectivity index (χ1n) is 8.72. The first-order valence-corrected chi connectivity index (χ1v) is 8.72. The number of rotatable bonds is 8. The molecule has 0 atom stereocenters. The highest BCUT2D eigenvalue weighted by Crippen LogP contribution is 2.40. The van der Waals surface area contributed by atoms with Gasteiger partial charge in [0, 0.05) is 23.4 Å². The third-order valence-electron chi connectivity index (χ3n) is 4.03. The second-order valence-electron chi connectivity index (χ2n) is 5.96. The molecule has 0 aliphatic rings. The lowest BCUT2D eigenvalue weighted by molar-refractivity contribution is 0.101. The van der Waals surface area contributed by atoms with Gasteiger partial charge in [0.05, 0.1) is 33.7 Å². The number of aromatic nitrogens is 2. The molecule has 0 bridgehead atoms. The van der Waals surface area contributed by atoms with Crippen LogP contribution in [0.3, 0.4) is 0 Å². The topological polar surface area (TPSA) is 91.8 Å². The van der Waals surface area contributed by atoms with Crippen LogP contribution in [-0.2, 0) is 0 Å². The van der Waals surface area contributed by atoms with Gasteiger partial charge in [-0.3, -0.25) is 9.78 Å². The molecule has 0 unspecified atom stereocenters. The average molecular weight is 395 g/mol.